The van der Waals surface area contributed by atoms with Gasteiger partial charge in [0.15, 0.2) is 5.78 Å². The highest BCUT2D eigenvalue weighted by molar-refractivity contribution is 5.85. The Balaban J connectivity index is 4.22. The molecule has 0 spiro atoms. The first kappa shape index (κ1) is 14.6. The third kappa shape index (κ3) is 5.28. The highest BCUT2D eigenvalue weighted by atomic mass is 16.5. The van der Waals surface area contributed by atoms with Gasteiger partial charge in [-0.3, -0.25) is 4.79 Å². The van der Waals surface area contributed by atoms with E-state index in [1.54, 1.807) is 7.11 Å². The molecule has 0 rings (SSSR count). The van der Waals surface area contributed by atoms with Crippen molar-refractivity contribution in [2.75, 3.05) is 20.3 Å². The predicted octanol–water partition coefficient (Wildman–Crippen LogP) is 2.29. The zero-order chi connectivity index (χ0) is 11.8. The Kier molecular flexibility index (Phi) is 7.61. The molecule has 0 saturated carbocycles. The number of carbonyl (C=O) groups is 1. The number of carbonyl (C=O) groups excluding carboxylic acids is 1. The van der Waals surface area contributed by atoms with Crippen LogP contribution in [0.2, 0.25) is 0 Å². The number of rotatable bonds is 8. The molecule has 0 saturated heterocycles. The molecule has 3 nitrogen and oxygen atoms in total. The van der Waals surface area contributed by atoms with Gasteiger partial charge in [0, 0.05) is 26.2 Å². The van der Waals surface area contributed by atoms with E-state index in [1.165, 1.54) is 0 Å². The fourth-order valence-electron chi connectivity index (χ4n) is 1.50. The molecule has 0 aliphatic heterocycles. The third-order valence-corrected chi connectivity index (χ3v) is 2.47. The average Bonchev–Trinajstić information content (AvgIpc) is 2.21. The topological polar surface area (TPSA) is 35.5 Å². The molecule has 3 heteroatoms. The van der Waals surface area contributed by atoms with Gasteiger partial charge in [-0.15, -0.1) is 0 Å². The predicted molar refractivity (Wildman–Crippen MR) is 60.9 cm³/mol. The first-order valence-corrected chi connectivity index (χ1v) is 5.68. The van der Waals surface area contributed by atoms with E-state index in [-0.39, 0.29) is 23.7 Å². The summed E-state index contributed by atoms with van der Waals surface area (Å²) in [7, 11) is 1.65. The first-order valence-electron chi connectivity index (χ1n) is 5.68. The van der Waals surface area contributed by atoms with Crippen molar-refractivity contribution >= 4 is 5.78 Å². The van der Waals surface area contributed by atoms with Crippen LogP contribution in [0.5, 0.6) is 0 Å². The van der Waals surface area contributed by atoms with E-state index in [0.717, 1.165) is 6.42 Å². The fraction of sp³-hybridized carbons (Fsp3) is 0.917. The van der Waals surface area contributed by atoms with Crippen LogP contribution in [0, 0.1) is 11.8 Å². The van der Waals surface area contributed by atoms with Crippen molar-refractivity contribution in [3.8, 4) is 0 Å². The van der Waals surface area contributed by atoms with Gasteiger partial charge >= 0.3 is 0 Å². The summed E-state index contributed by atoms with van der Waals surface area (Å²) >= 11 is 0. The minimum absolute atomic E-state index is 0.0175. The molecule has 0 aromatic rings. The SMILES string of the molecule is CCOC(C(=O)C(C)CCOC)C(C)C. The van der Waals surface area contributed by atoms with Gasteiger partial charge in [0.2, 0.25) is 0 Å². The molecule has 0 radical (unpaired) electrons. The Morgan fingerprint density at radius 3 is 2.27 bits per heavy atom. The molecule has 2 atom stereocenters. The van der Waals surface area contributed by atoms with E-state index >= 15 is 0 Å². The normalized spacial score (nSPS) is 15.3. The second-order valence-electron chi connectivity index (χ2n) is 4.20. The Morgan fingerprint density at radius 2 is 1.87 bits per heavy atom. The molecule has 0 heterocycles. The van der Waals surface area contributed by atoms with Crippen LogP contribution in [0.1, 0.15) is 34.1 Å². The molecule has 2 unspecified atom stereocenters. The van der Waals surface area contributed by atoms with Gasteiger partial charge in [0.25, 0.3) is 0 Å². The van der Waals surface area contributed by atoms with E-state index in [1.807, 2.05) is 27.7 Å². The van der Waals surface area contributed by atoms with Crippen LogP contribution in [-0.4, -0.2) is 32.2 Å². The zero-order valence-electron chi connectivity index (χ0n) is 10.6. The van der Waals surface area contributed by atoms with Gasteiger partial charge in [-0.1, -0.05) is 20.8 Å². The molecule has 0 aromatic carbocycles. The van der Waals surface area contributed by atoms with Crippen molar-refractivity contribution in [1.82, 2.24) is 0 Å². The van der Waals surface area contributed by atoms with Crippen LogP contribution in [-0.2, 0) is 14.3 Å². The Morgan fingerprint density at radius 1 is 1.27 bits per heavy atom. The molecule has 90 valence electrons. The molecular weight excluding hydrogens is 192 g/mol. The molecule has 0 aliphatic carbocycles. The summed E-state index contributed by atoms with van der Waals surface area (Å²) in [4.78, 5) is 12.0. The molecule has 0 fully saturated rings. The maximum atomic E-state index is 12.0. The van der Waals surface area contributed by atoms with Crippen molar-refractivity contribution in [3.63, 3.8) is 0 Å². The Bertz CT molecular complexity index is 178. The van der Waals surface area contributed by atoms with Crippen LogP contribution in [0.25, 0.3) is 0 Å². The van der Waals surface area contributed by atoms with Crippen molar-refractivity contribution in [2.24, 2.45) is 11.8 Å². The van der Waals surface area contributed by atoms with E-state index in [0.29, 0.717) is 13.2 Å². The lowest BCUT2D eigenvalue weighted by Gasteiger charge is -2.22. The van der Waals surface area contributed by atoms with E-state index in [2.05, 4.69) is 0 Å². The van der Waals surface area contributed by atoms with Gasteiger partial charge in [-0.05, 0) is 19.3 Å². The lowest BCUT2D eigenvalue weighted by Crippen LogP contribution is -2.34. The van der Waals surface area contributed by atoms with Crippen molar-refractivity contribution in [3.05, 3.63) is 0 Å². The van der Waals surface area contributed by atoms with E-state index in [9.17, 15) is 4.79 Å². The third-order valence-electron chi connectivity index (χ3n) is 2.47. The second-order valence-corrected chi connectivity index (χ2v) is 4.20. The number of hydrogen-bond donors (Lipinski definition) is 0. The number of ketones is 1. The molecule has 0 aromatic heterocycles. The maximum Gasteiger partial charge on any atom is 0.164 e. The quantitative estimate of drug-likeness (QED) is 0.624. The second kappa shape index (κ2) is 7.83. The Labute approximate surface area is 93.1 Å². The summed E-state index contributed by atoms with van der Waals surface area (Å²) in [6, 6.07) is 0. The minimum atomic E-state index is -0.262. The summed E-state index contributed by atoms with van der Waals surface area (Å²) in [6.45, 7) is 9.11. The van der Waals surface area contributed by atoms with Crippen LogP contribution in [0.15, 0.2) is 0 Å². The standard InChI is InChI=1S/C12H24O3/c1-6-15-12(9(2)3)11(13)10(4)7-8-14-5/h9-10,12H,6-8H2,1-5H3. The number of ether oxygens (including phenoxy) is 2. The average molecular weight is 216 g/mol. The van der Waals surface area contributed by atoms with Gasteiger partial charge in [0.1, 0.15) is 6.10 Å². The smallest absolute Gasteiger partial charge is 0.164 e. The molecule has 0 aliphatic rings. The number of Topliss-reactive ketones (excluding diaryl/α,β-unsaturated/α-hetero) is 1. The molecule has 15 heavy (non-hydrogen) atoms. The van der Waals surface area contributed by atoms with E-state index in [4.69, 9.17) is 9.47 Å². The lowest BCUT2D eigenvalue weighted by atomic mass is 9.92. The fourth-order valence-corrected chi connectivity index (χ4v) is 1.50. The largest absolute Gasteiger partial charge is 0.385 e. The lowest BCUT2D eigenvalue weighted by molar-refractivity contribution is -0.137. The molecule has 0 amide bonds. The Hall–Kier alpha value is -0.410. The van der Waals surface area contributed by atoms with Crippen molar-refractivity contribution in [2.45, 2.75) is 40.2 Å². The van der Waals surface area contributed by atoms with Gasteiger partial charge in [-0.2, -0.15) is 0 Å². The van der Waals surface area contributed by atoms with Gasteiger partial charge in [0.05, 0.1) is 0 Å². The monoisotopic (exact) mass is 216 g/mol. The van der Waals surface area contributed by atoms with Crippen molar-refractivity contribution < 1.29 is 14.3 Å². The summed E-state index contributed by atoms with van der Waals surface area (Å²) in [5, 5.41) is 0. The van der Waals surface area contributed by atoms with Gasteiger partial charge < -0.3 is 9.47 Å². The summed E-state index contributed by atoms with van der Waals surface area (Å²) in [5.74, 6) is 0.454. The highest BCUT2D eigenvalue weighted by Crippen LogP contribution is 2.15. The van der Waals surface area contributed by atoms with Crippen LogP contribution in [0.4, 0.5) is 0 Å². The zero-order valence-corrected chi connectivity index (χ0v) is 10.6. The van der Waals surface area contributed by atoms with Gasteiger partial charge in [-0.25, -0.2) is 0 Å². The number of methoxy groups -OCH3 is 1. The summed E-state index contributed by atoms with van der Waals surface area (Å²) in [6.07, 6.45) is 0.507. The van der Waals surface area contributed by atoms with Crippen LogP contribution >= 0.6 is 0 Å². The van der Waals surface area contributed by atoms with Crippen LogP contribution < -0.4 is 0 Å². The molecule has 0 bridgehead atoms. The molecular formula is C12H24O3. The van der Waals surface area contributed by atoms with E-state index < -0.39 is 0 Å². The number of hydrogen-bond acceptors (Lipinski definition) is 3. The minimum Gasteiger partial charge on any atom is -0.385 e. The summed E-state index contributed by atoms with van der Waals surface area (Å²) in [5.41, 5.74) is 0. The van der Waals surface area contributed by atoms with Crippen molar-refractivity contribution in [1.29, 1.82) is 0 Å². The maximum absolute atomic E-state index is 12.0. The highest BCUT2D eigenvalue weighted by Gasteiger charge is 2.26. The first-order chi connectivity index (χ1) is 7.04. The van der Waals surface area contributed by atoms with Crippen LogP contribution in [0.3, 0.4) is 0 Å². The summed E-state index contributed by atoms with van der Waals surface area (Å²) < 4.78 is 10.4. The molecule has 0 N–H and O–H groups in total.